The number of nitrogens with zero attached hydrogens (tertiary/aromatic N) is 1. The molecule has 0 spiro atoms. The molecule has 0 saturated heterocycles. The van der Waals surface area contributed by atoms with Crippen LogP contribution in [-0.4, -0.2) is 51.6 Å². The number of methoxy groups -OCH3 is 3. The highest BCUT2D eigenvalue weighted by Gasteiger charge is 2.30. The van der Waals surface area contributed by atoms with Crippen molar-refractivity contribution in [3.63, 3.8) is 0 Å². The molecule has 1 N–H and O–H groups in total. The number of benzene rings is 2. The molecular formula is C22H27NO9S2. The Kier molecular flexibility index (Phi) is 8.29. The van der Waals surface area contributed by atoms with Gasteiger partial charge in [0, 0.05) is 23.3 Å². The number of aryl methyl sites for hydroxylation is 1. The molecule has 0 aliphatic carbocycles. The lowest BCUT2D eigenvalue weighted by Gasteiger charge is -2.25. The average Bonchev–Trinajstić information content (AvgIpc) is 3.01. The number of non-ortho nitro benzene ring substituents is 1. The Bertz CT molecular complexity index is 1170. The minimum Gasteiger partial charge on any atom is -0.493 e. The molecule has 0 aromatic heterocycles. The molecular weight excluding hydrogens is 486 g/mol. The van der Waals surface area contributed by atoms with E-state index in [0.29, 0.717) is 17.2 Å². The molecule has 12 heteroatoms. The first-order valence-electron chi connectivity index (χ1n) is 10.4. The quantitative estimate of drug-likeness (QED) is 0.293. The Morgan fingerprint density at radius 2 is 1.88 bits per heavy atom. The molecule has 0 bridgehead atoms. The van der Waals surface area contributed by atoms with Crippen LogP contribution in [0.4, 0.5) is 5.69 Å². The SMILES string of the molecule is COc1cc2c(c(OC)c1OC)C(COC(C)c1cc([N+](=O)[O-])ccc1S(=O)(=O)O)SCCC2. The Morgan fingerprint density at radius 1 is 1.18 bits per heavy atom. The fraction of sp³-hybridized carbons (Fsp3) is 0.455. The minimum absolute atomic E-state index is 0.00909. The zero-order valence-corrected chi connectivity index (χ0v) is 20.9. The van der Waals surface area contributed by atoms with Gasteiger partial charge in [-0.1, -0.05) is 0 Å². The van der Waals surface area contributed by atoms with E-state index in [2.05, 4.69) is 0 Å². The first kappa shape index (κ1) is 26.1. The number of rotatable bonds is 9. The molecule has 2 aromatic rings. The van der Waals surface area contributed by atoms with Crippen molar-refractivity contribution >= 4 is 27.6 Å². The molecule has 0 saturated carbocycles. The average molecular weight is 514 g/mol. The van der Waals surface area contributed by atoms with Gasteiger partial charge in [0.2, 0.25) is 5.75 Å². The highest BCUT2D eigenvalue weighted by Crippen LogP contribution is 2.49. The molecule has 34 heavy (non-hydrogen) atoms. The smallest absolute Gasteiger partial charge is 0.294 e. The summed E-state index contributed by atoms with van der Waals surface area (Å²) in [6.45, 7) is 1.75. The van der Waals surface area contributed by atoms with Crippen molar-refractivity contribution in [2.75, 3.05) is 33.7 Å². The first-order chi connectivity index (χ1) is 16.1. The second kappa shape index (κ2) is 10.8. The van der Waals surface area contributed by atoms with E-state index in [4.69, 9.17) is 18.9 Å². The van der Waals surface area contributed by atoms with Crippen molar-refractivity contribution in [1.29, 1.82) is 0 Å². The number of hydrogen-bond acceptors (Lipinski definition) is 9. The van der Waals surface area contributed by atoms with Crippen molar-refractivity contribution in [1.82, 2.24) is 0 Å². The molecule has 10 nitrogen and oxygen atoms in total. The van der Waals surface area contributed by atoms with Crippen LogP contribution in [-0.2, 0) is 21.3 Å². The maximum Gasteiger partial charge on any atom is 0.294 e. The standard InChI is InChI=1S/C22H27NO9S2/c1-13(16-11-15(23(24)25)7-8-19(16)34(26,27)28)32-12-18-20-14(6-5-9-33-18)10-17(29-2)21(30-3)22(20)31-4/h7-8,10-11,13,18H,5-6,9,12H2,1-4H3,(H,26,27,28). The molecule has 2 aromatic carbocycles. The van der Waals surface area contributed by atoms with E-state index in [-0.39, 0.29) is 23.1 Å². The van der Waals surface area contributed by atoms with E-state index in [9.17, 15) is 23.1 Å². The van der Waals surface area contributed by atoms with Gasteiger partial charge in [-0.15, -0.1) is 0 Å². The van der Waals surface area contributed by atoms with Crippen LogP contribution in [0.3, 0.4) is 0 Å². The van der Waals surface area contributed by atoms with Gasteiger partial charge in [-0.2, -0.15) is 20.2 Å². The lowest BCUT2D eigenvalue weighted by Crippen LogP contribution is -2.14. The van der Waals surface area contributed by atoms with E-state index in [0.717, 1.165) is 47.9 Å². The molecule has 186 valence electrons. The van der Waals surface area contributed by atoms with Crippen molar-refractivity contribution < 1.29 is 36.8 Å². The van der Waals surface area contributed by atoms with Crippen LogP contribution >= 0.6 is 11.8 Å². The Labute approximate surface area is 202 Å². The molecule has 1 aliphatic heterocycles. The first-order valence-corrected chi connectivity index (χ1v) is 12.9. The molecule has 0 fully saturated rings. The summed E-state index contributed by atoms with van der Waals surface area (Å²) in [4.78, 5) is 10.2. The summed E-state index contributed by atoms with van der Waals surface area (Å²) in [5, 5.41) is 11.0. The Hall–Kier alpha value is -2.54. The lowest BCUT2D eigenvalue weighted by molar-refractivity contribution is -0.385. The van der Waals surface area contributed by atoms with Gasteiger partial charge in [0.25, 0.3) is 15.8 Å². The van der Waals surface area contributed by atoms with E-state index in [1.807, 2.05) is 6.07 Å². The van der Waals surface area contributed by atoms with Gasteiger partial charge in [0.1, 0.15) is 4.90 Å². The molecule has 3 rings (SSSR count). The van der Waals surface area contributed by atoms with Gasteiger partial charge in [0.15, 0.2) is 11.5 Å². The number of nitro benzene ring substituents is 1. The van der Waals surface area contributed by atoms with Crippen molar-refractivity contribution in [2.24, 2.45) is 0 Å². The summed E-state index contributed by atoms with van der Waals surface area (Å²) >= 11 is 1.67. The van der Waals surface area contributed by atoms with Gasteiger partial charge in [0.05, 0.1) is 44.2 Å². The van der Waals surface area contributed by atoms with E-state index in [1.165, 1.54) is 7.11 Å². The van der Waals surface area contributed by atoms with Crippen LogP contribution in [0.25, 0.3) is 0 Å². The lowest BCUT2D eigenvalue weighted by atomic mass is 9.98. The number of fused-ring (bicyclic) bond motifs is 1. The summed E-state index contributed by atoms with van der Waals surface area (Å²) in [6, 6.07) is 5.08. The fourth-order valence-corrected chi connectivity index (χ4v) is 5.97. The zero-order valence-electron chi connectivity index (χ0n) is 19.3. The molecule has 0 amide bonds. The van der Waals surface area contributed by atoms with E-state index >= 15 is 0 Å². The van der Waals surface area contributed by atoms with Gasteiger partial charge < -0.3 is 18.9 Å². The highest BCUT2D eigenvalue weighted by molar-refractivity contribution is 7.99. The van der Waals surface area contributed by atoms with Gasteiger partial charge in [-0.25, -0.2) is 0 Å². The number of nitro groups is 1. The van der Waals surface area contributed by atoms with Crippen LogP contribution in [0.5, 0.6) is 17.2 Å². The van der Waals surface area contributed by atoms with Crippen molar-refractivity contribution in [3.05, 3.63) is 51.1 Å². The van der Waals surface area contributed by atoms with Gasteiger partial charge in [-0.05, 0) is 43.2 Å². The van der Waals surface area contributed by atoms with Crippen LogP contribution in [0.2, 0.25) is 0 Å². The third kappa shape index (κ3) is 5.40. The third-order valence-electron chi connectivity index (χ3n) is 5.60. The van der Waals surface area contributed by atoms with E-state index in [1.54, 1.807) is 32.9 Å². The van der Waals surface area contributed by atoms with Gasteiger partial charge >= 0.3 is 0 Å². The van der Waals surface area contributed by atoms with Crippen molar-refractivity contribution in [3.8, 4) is 17.2 Å². The molecule has 0 radical (unpaired) electrons. The number of hydrogen-bond donors (Lipinski definition) is 1. The Morgan fingerprint density at radius 3 is 2.47 bits per heavy atom. The minimum atomic E-state index is -4.60. The molecule has 1 aliphatic rings. The van der Waals surface area contributed by atoms with Crippen LogP contribution in [0.15, 0.2) is 29.2 Å². The molecule has 2 unspecified atom stereocenters. The summed E-state index contributed by atoms with van der Waals surface area (Å²) in [6.07, 6.45) is 0.888. The number of thioether (sulfide) groups is 1. The predicted molar refractivity (Wildman–Crippen MR) is 127 cm³/mol. The van der Waals surface area contributed by atoms with Crippen LogP contribution < -0.4 is 14.2 Å². The fourth-order valence-electron chi connectivity index (χ4n) is 4.02. The normalized spacial score (nSPS) is 16.8. The topological polar surface area (TPSA) is 134 Å². The maximum atomic E-state index is 11.9. The second-order valence-corrected chi connectivity index (χ2v) is 10.3. The van der Waals surface area contributed by atoms with E-state index < -0.39 is 26.0 Å². The third-order valence-corrected chi connectivity index (χ3v) is 7.83. The van der Waals surface area contributed by atoms with Crippen LogP contribution in [0, 0.1) is 10.1 Å². The zero-order chi connectivity index (χ0) is 25.0. The summed E-state index contributed by atoms with van der Waals surface area (Å²) in [7, 11) is 0.0364. The van der Waals surface area contributed by atoms with Gasteiger partial charge in [-0.3, -0.25) is 14.7 Å². The molecule has 2 atom stereocenters. The second-order valence-electron chi connectivity index (χ2n) is 7.61. The Balaban J connectivity index is 1.97. The van der Waals surface area contributed by atoms with Crippen LogP contribution in [0.1, 0.15) is 41.4 Å². The predicted octanol–water partition coefficient (Wildman–Crippen LogP) is 4.37. The monoisotopic (exact) mass is 513 g/mol. The maximum absolute atomic E-state index is 11.9. The summed E-state index contributed by atoms with van der Waals surface area (Å²) in [5.41, 5.74) is 1.65. The summed E-state index contributed by atoms with van der Waals surface area (Å²) in [5.74, 6) is 2.43. The highest BCUT2D eigenvalue weighted by atomic mass is 32.2. The largest absolute Gasteiger partial charge is 0.493 e. The van der Waals surface area contributed by atoms with Crippen molar-refractivity contribution in [2.45, 2.75) is 36.0 Å². The number of ether oxygens (including phenoxy) is 4. The molecule has 1 heterocycles. The summed E-state index contributed by atoms with van der Waals surface area (Å²) < 4.78 is 56.1.